The average molecular weight is 317 g/mol. The number of phenols is 1. The molecule has 0 saturated heterocycles. The van der Waals surface area contributed by atoms with Crippen molar-refractivity contribution < 1.29 is 5.11 Å². The lowest BCUT2D eigenvalue weighted by molar-refractivity contribution is 0.474. The first-order valence-corrected chi connectivity index (χ1v) is 6.30. The van der Waals surface area contributed by atoms with Gasteiger partial charge in [0.25, 0.3) is 0 Å². The molecule has 7 heteroatoms. The van der Waals surface area contributed by atoms with Crippen molar-refractivity contribution in [2.24, 2.45) is 5.10 Å². The summed E-state index contributed by atoms with van der Waals surface area (Å²) in [4.78, 5) is 3.94. The highest BCUT2D eigenvalue weighted by Gasteiger charge is 2.06. The largest absolute Gasteiger partial charge is 0.507 e. The third kappa shape index (κ3) is 3.50. The van der Waals surface area contributed by atoms with E-state index in [9.17, 15) is 5.11 Å². The lowest BCUT2D eigenvalue weighted by atomic mass is 10.2. The molecule has 4 nitrogen and oxygen atoms in total. The molecule has 0 radical (unpaired) electrons. The number of aromatic nitrogens is 1. The number of hydrogen-bond donors (Lipinski definition) is 2. The van der Waals surface area contributed by atoms with Gasteiger partial charge in [0.05, 0.1) is 16.3 Å². The van der Waals surface area contributed by atoms with Gasteiger partial charge in [-0.1, -0.05) is 46.9 Å². The number of nitrogens with zero attached hydrogens (tertiary/aromatic N) is 2. The van der Waals surface area contributed by atoms with Crippen molar-refractivity contribution in [3.05, 3.63) is 51.1 Å². The monoisotopic (exact) mass is 315 g/mol. The Balaban J connectivity index is 2.15. The Kier molecular flexibility index (Phi) is 4.47. The molecule has 1 aromatic heterocycles. The van der Waals surface area contributed by atoms with Crippen LogP contribution >= 0.6 is 34.8 Å². The molecule has 0 aliphatic heterocycles. The number of benzene rings is 1. The minimum Gasteiger partial charge on any atom is -0.507 e. The van der Waals surface area contributed by atoms with Gasteiger partial charge in [0.15, 0.2) is 5.82 Å². The third-order valence-corrected chi connectivity index (χ3v) is 3.16. The number of nitrogens with one attached hydrogen (secondary N) is 1. The number of hydrogen-bond acceptors (Lipinski definition) is 4. The van der Waals surface area contributed by atoms with Crippen molar-refractivity contribution in [3.8, 4) is 5.75 Å². The van der Waals surface area contributed by atoms with Gasteiger partial charge < -0.3 is 5.11 Å². The highest BCUT2D eigenvalue weighted by molar-refractivity contribution is 6.42. The van der Waals surface area contributed by atoms with E-state index in [2.05, 4.69) is 15.5 Å². The first-order valence-electron chi connectivity index (χ1n) is 5.16. The van der Waals surface area contributed by atoms with Crippen molar-refractivity contribution in [2.45, 2.75) is 0 Å². The summed E-state index contributed by atoms with van der Waals surface area (Å²) in [5.74, 6) is 0.406. The van der Waals surface area contributed by atoms with Gasteiger partial charge in [-0.15, -0.1) is 0 Å². The SMILES string of the molecule is Oc1ccccc1/C=N/Nc1nc(Cl)c(Cl)cc1Cl. The van der Waals surface area contributed by atoms with Crippen LogP contribution in [0.5, 0.6) is 5.75 Å². The molecule has 2 rings (SSSR count). The predicted octanol–water partition coefficient (Wildman–Crippen LogP) is 4.19. The average Bonchev–Trinajstić information content (AvgIpc) is 2.38. The van der Waals surface area contributed by atoms with Gasteiger partial charge in [0, 0.05) is 5.56 Å². The normalized spacial score (nSPS) is 10.9. The van der Waals surface area contributed by atoms with E-state index >= 15 is 0 Å². The number of rotatable bonds is 3. The van der Waals surface area contributed by atoms with Gasteiger partial charge >= 0.3 is 0 Å². The highest BCUT2D eigenvalue weighted by atomic mass is 35.5. The summed E-state index contributed by atoms with van der Waals surface area (Å²) >= 11 is 17.5. The van der Waals surface area contributed by atoms with Crippen LogP contribution < -0.4 is 5.43 Å². The zero-order valence-electron chi connectivity index (χ0n) is 9.44. The van der Waals surface area contributed by atoms with E-state index in [1.54, 1.807) is 24.3 Å². The molecule has 0 spiro atoms. The molecule has 0 amide bonds. The molecule has 0 saturated carbocycles. The van der Waals surface area contributed by atoms with Crippen LogP contribution in [0, 0.1) is 0 Å². The number of aromatic hydroxyl groups is 1. The second-order valence-corrected chi connectivity index (χ2v) is 4.69. The first kappa shape index (κ1) is 13.9. The second-order valence-electron chi connectivity index (χ2n) is 3.52. The molecule has 0 fully saturated rings. The fraction of sp³-hybridized carbons (Fsp3) is 0. The molecule has 19 heavy (non-hydrogen) atoms. The van der Waals surface area contributed by atoms with Crippen LogP contribution in [0.1, 0.15) is 5.56 Å². The van der Waals surface area contributed by atoms with Crippen LogP contribution in [-0.2, 0) is 0 Å². The molecule has 0 aliphatic carbocycles. The van der Waals surface area contributed by atoms with E-state index in [0.717, 1.165) is 0 Å². The van der Waals surface area contributed by atoms with E-state index in [-0.39, 0.29) is 21.7 Å². The zero-order chi connectivity index (χ0) is 13.8. The van der Waals surface area contributed by atoms with Crippen molar-refractivity contribution in [2.75, 3.05) is 5.43 Å². The molecule has 0 atom stereocenters. The molecule has 0 bridgehead atoms. The molecule has 0 aliphatic rings. The van der Waals surface area contributed by atoms with Gasteiger partial charge in [-0.2, -0.15) is 5.10 Å². The Morgan fingerprint density at radius 3 is 2.63 bits per heavy atom. The van der Waals surface area contributed by atoms with Gasteiger partial charge in [0.1, 0.15) is 10.9 Å². The predicted molar refractivity (Wildman–Crippen MR) is 78.6 cm³/mol. The summed E-state index contributed by atoms with van der Waals surface area (Å²) in [5.41, 5.74) is 3.19. The maximum absolute atomic E-state index is 9.54. The Hall–Kier alpha value is -1.49. The Morgan fingerprint density at radius 2 is 1.89 bits per heavy atom. The quantitative estimate of drug-likeness (QED) is 0.507. The number of hydrazone groups is 1. The minimum atomic E-state index is 0.126. The van der Waals surface area contributed by atoms with Crippen LogP contribution in [0.3, 0.4) is 0 Å². The first-order chi connectivity index (χ1) is 9.08. The van der Waals surface area contributed by atoms with Crippen LogP contribution in [0.4, 0.5) is 5.82 Å². The summed E-state index contributed by atoms with van der Waals surface area (Å²) in [6.45, 7) is 0. The van der Waals surface area contributed by atoms with E-state index in [1.807, 2.05) is 0 Å². The standard InChI is InChI=1S/C12H8Cl3N3O/c13-8-5-9(14)12(17-11(8)15)18-16-6-7-3-1-2-4-10(7)19/h1-6,19H,(H,17,18)/b16-6+. The fourth-order valence-electron chi connectivity index (χ4n) is 1.28. The van der Waals surface area contributed by atoms with Crippen molar-refractivity contribution in [1.82, 2.24) is 4.98 Å². The zero-order valence-corrected chi connectivity index (χ0v) is 11.7. The minimum absolute atomic E-state index is 0.126. The third-order valence-electron chi connectivity index (χ3n) is 2.20. The van der Waals surface area contributed by atoms with E-state index < -0.39 is 0 Å². The molecule has 1 heterocycles. The number of halogens is 3. The molecular weight excluding hydrogens is 309 g/mol. The maximum Gasteiger partial charge on any atom is 0.166 e. The van der Waals surface area contributed by atoms with E-state index in [0.29, 0.717) is 10.6 Å². The summed E-state index contributed by atoms with van der Waals surface area (Å²) in [6.07, 6.45) is 1.44. The summed E-state index contributed by atoms with van der Waals surface area (Å²) in [7, 11) is 0. The van der Waals surface area contributed by atoms with Crippen LogP contribution in [0.25, 0.3) is 0 Å². The van der Waals surface area contributed by atoms with Gasteiger partial charge in [-0.05, 0) is 18.2 Å². The maximum atomic E-state index is 9.54. The van der Waals surface area contributed by atoms with E-state index in [1.165, 1.54) is 12.3 Å². The fourth-order valence-corrected chi connectivity index (χ4v) is 1.82. The number of pyridine rings is 1. The molecule has 1 aromatic carbocycles. The lowest BCUT2D eigenvalue weighted by Crippen LogP contribution is -1.95. The van der Waals surface area contributed by atoms with Crippen molar-refractivity contribution in [3.63, 3.8) is 0 Å². The van der Waals surface area contributed by atoms with Crippen LogP contribution in [-0.4, -0.2) is 16.3 Å². The van der Waals surface area contributed by atoms with Gasteiger partial charge in [-0.25, -0.2) is 4.98 Å². The summed E-state index contributed by atoms with van der Waals surface area (Å²) in [5, 5.41) is 14.2. The van der Waals surface area contributed by atoms with Gasteiger partial charge in [0.2, 0.25) is 0 Å². The number of anilines is 1. The Morgan fingerprint density at radius 1 is 1.16 bits per heavy atom. The van der Waals surface area contributed by atoms with Crippen LogP contribution in [0.15, 0.2) is 35.4 Å². The van der Waals surface area contributed by atoms with Crippen LogP contribution in [0.2, 0.25) is 15.2 Å². The number of phenolic OH excluding ortho intramolecular Hbond substituents is 1. The highest BCUT2D eigenvalue weighted by Crippen LogP contribution is 2.28. The molecular formula is C12H8Cl3N3O. The van der Waals surface area contributed by atoms with Gasteiger partial charge in [-0.3, -0.25) is 5.43 Å². The summed E-state index contributed by atoms with van der Waals surface area (Å²) < 4.78 is 0. The molecule has 2 N–H and O–H groups in total. The smallest absolute Gasteiger partial charge is 0.166 e. The lowest BCUT2D eigenvalue weighted by Gasteiger charge is -2.04. The van der Waals surface area contributed by atoms with Crippen molar-refractivity contribution >= 4 is 46.8 Å². The summed E-state index contributed by atoms with van der Waals surface area (Å²) in [6, 6.07) is 8.25. The topological polar surface area (TPSA) is 57.5 Å². The molecule has 98 valence electrons. The Bertz CT molecular complexity index is 632. The van der Waals surface area contributed by atoms with Crippen molar-refractivity contribution in [1.29, 1.82) is 0 Å². The molecule has 0 unspecified atom stereocenters. The number of para-hydroxylation sites is 1. The van der Waals surface area contributed by atoms with E-state index in [4.69, 9.17) is 34.8 Å². The Labute approximate surface area is 124 Å². The molecule has 2 aromatic rings. The second kappa shape index (κ2) is 6.10.